The molecule has 0 bridgehead atoms. The van der Waals surface area contributed by atoms with Crippen LogP contribution in [0.5, 0.6) is 0 Å². The summed E-state index contributed by atoms with van der Waals surface area (Å²) in [5.74, 6) is 0. The van der Waals surface area contributed by atoms with Gasteiger partial charge in [0.05, 0.1) is 0 Å². The summed E-state index contributed by atoms with van der Waals surface area (Å²) in [5, 5.41) is 3.30. The Hall–Kier alpha value is -1.06. The van der Waals surface area contributed by atoms with Crippen LogP contribution < -0.4 is 10.2 Å². The van der Waals surface area contributed by atoms with Crippen molar-refractivity contribution in [2.24, 2.45) is 0 Å². The fraction of sp³-hybridized carbons (Fsp3) is 0.600. The predicted octanol–water partition coefficient (Wildman–Crippen LogP) is 1.64. The molecule has 100 valence electrons. The highest BCUT2D eigenvalue weighted by Gasteiger charge is 2.24. The SMILES string of the molecule is CNCC1CN(c2ccc(C)cc2C)CCN1C. The van der Waals surface area contributed by atoms with Crippen molar-refractivity contribution in [3.8, 4) is 0 Å². The molecule has 1 aromatic carbocycles. The van der Waals surface area contributed by atoms with Crippen LogP contribution in [0.15, 0.2) is 18.2 Å². The highest BCUT2D eigenvalue weighted by molar-refractivity contribution is 5.54. The van der Waals surface area contributed by atoms with Gasteiger partial charge in [0.25, 0.3) is 0 Å². The average Bonchev–Trinajstić information content (AvgIpc) is 2.33. The summed E-state index contributed by atoms with van der Waals surface area (Å²) in [7, 11) is 4.26. The van der Waals surface area contributed by atoms with Crippen LogP contribution in [0.4, 0.5) is 5.69 Å². The molecule has 1 fully saturated rings. The maximum atomic E-state index is 3.30. The molecule has 1 saturated heterocycles. The van der Waals surface area contributed by atoms with Gasteiger partial charge in [-0.15, -0.1) is 0 Å². The summed E-state index contributed by atoms with van der Waals surface area (Å²) >= 11 is 0. The molecule has 1 N–H and O–H groups in total. The number of rotatable bonds is 3. The molecule has 1 unspecified atom stereocenters. The van der Waals surface area contributed by atoms with E-state index >= 15 is 0 Å². The molecule has 3 heteroatoms. The molecular weight excluding hydrogens is 222 g/mol. The Morgan fingerprint density at radius 1 is 1.28 bits per heavy atom. The monoisotopic (exact) mass is 247 g/mol. The number of hydrogen-bond acceptors (Lipinski definition) is 3. The summed E-state index contributed by atoms with van der Waals surface area (Å²) in [4.78, 5) is 4.98. The minimum Gasteiger partial charge on any atom is -0.368 e. The van der Waals surface area contributed by atoms with Crippen LogP contribution in [0.2, 0.25) is 0 Å². The van der Waals surface area contributed by atoms with E-state index in [1.165, 1.54) is 16.8 Å². The zero-order valence-corrected chi connectivity index (χ0v) is 12.0. The van der Waals surface area contributed by atoms with Crippen molar-refractivity contribution in [1.82, 2.24) is 10.2 Å². The van der Waals surface area contributed by atoms with Gasteiger partial charge in [0.1, 0.15) is 0 Å². The lowest BCUT2D eigenvalue weighted by Gasteiger charge is -2.41. The predicted molar refractivity (Wildman–Crippen MR) is 78.5 cm³/mol. The standard InChI is InChI=1S/C15H25N3/c1-12-5-6-15(13(2)9-12)18-8-7-17(4)14(11-18)10-16-3/h5-6,9,14,16H,7-8,10-11H2,1-4H3. The first-order chi connectivity index (χ1) is 8.61. The van der Waals surface area contributed by atoms with Crippen LogP contribution in [0, 0.1) is 13.8 Å². The van der Waals surface area contributed by atoms with Crippen molar-refractivity contribution in [1.29, 1.82) is 0 Å². The summed E-state index contributed by atoms with van der Waals surface area (Å²) in [6.07, 6.45) is 0. The van der Waals surface area contributed by atoms with Gasteiger partial charge in [-0.1, -0.05) is 17.7 Å². The lowest BCUT2D eigenvalue weighted by atomic mass is 10.1. The summed E-state index contributed by atoms with van der Waals surface area (Å²) in [5.41, 5.74) is 4.13. The second kappa shape index (κ2) is 5.72. The molecule has 1 aliphatic heterocycles. The van der Waals surface area contributed by atoms with E-state index in [1.54, 1.807) is 0 Å². The first-order valence-corrected chi connectivity index (χ1v) is 6.79. The van der Waals surface area contributed by atoms with E-state index in [-0.39, 0.29) is 0 Å². The van der Waals surface area contributed by atoms with Gasteiger partial charge in [0, 0.05) is 37.9 Å². The minimum atomic E-state index is 0.601. The molecule has 1 aliphatic rings. The molecule has 1 aromatic rings. The second-order valence-electron chi connectivity index (χ2n) is 5.43. The van der Waals surface area contributed by atoms with Gasteiger partial charge in [-0.05, 0) is 39.6 Å². The fourth-order valence-corrected chi connectivity index (χ4v) is 2.78. The van der Waals surface area contributed by atoms with Crippen LogP contribution >= 0.6 is 0 Å². The number of piperazine rings is 1. The number of nitrogens with one attached hydrogen (secondary N) is 1. The Morgan fingerprint density at radius 2 is 2.06 bits per heavy atom. The van der Waals surface area contributed by atoms with Crippen LogP contribution in [0.1, 0.15) is 11.1 Å². The number of anilines is 1. The summed E-state index contributed by atoms with van der Waals surface area (Å²) in [6.45, 7) is 8.80. The van der Waals surface area contributed by atoms with Crippen LogP contribution in [0.3, 0.4) is 0 Å². The molecular formula is C15H25N3. The number of likely N-dealkylation sites (N-methyl/N-ethyl adjacent to an activating group) is 2. The van der Waals surface area contributed by atoms with Gasteiger partial charge in [0.2, 0.25) is 0 Å². The number of benzene rings is 1. The molecule has 1 atom stereocenters. The van der Waals surface area contributed by atoms with E-state index in [2.05, 4.69) is 54.2 Å². The Bertz CT molecular complexity index is 403. The van der Waals surface area contributed by atoms with Crippen molar-refractivity contribution in [3.63, 3.8) is 0 Å². The molecule has 0 saturated carbocycles. The van der Waals surface area contributed by atoms with E-state index in [0.717, 1.165) is 26.2 Å². The fourth-order valence-electron chi connectivity index (χ4n) is 2.78. The number of nitrogens with zero attached hydrogens (tertiary/aromatic N) is 2. The van der Waals surface area contributed by atoms with Gasteiger partial charge < -0.3 is 10.2 Å². The Labute approximate surface area is 111 Å². The number of aryl methyl sites for hydroxylation is 2. The largest absolute Gasteiger partial charge is 0.368 e. The molecule has 0 radical (unpaired) electrons. The highest BCUT2D eigenvalue weighted by Crippen LogP contribution is 2.23. The quantitative estimate of drug-likeness (QED) is 0.876. The van der Waals surface area contributed by atoms with Crippen molar-refractivity contribution in [2.75, 3.05) is 45.2 Å². The highest BCUT2D eigenvalue weighted by atomic mass is 15.3. The smallest absolute Gasteiger partial charge is 0.0397 e. The lowest BCUT2D eigenvalue weighted by Crippen LogP contribution is -2.54. The van der Waals surface area contributed by atoms with Crippen molar-refractivity contribution >= 4 is 5.69 Å². The normalized spacial score (nSPS) is 21.3. The molecule has 2 rings (SSSR count). The third kappa shape index (κ3) is 2.85. The van der Waals surface area contributed by atoms with Crippen molar-refractivity contribution < 1.29 is 0 Å². The van der Waals surface area contributed by atoms with E-state index in [9.17, 15) is 0 Å². The number of hydrogen-bond donors (Lipinski definition) is 1. The minimum absolute atomic E-state index is 0.601. The summed E-state index contributed by atoms with van der Waals surface area (Å²) < 4.78 is 0. The lowest BCUT2D eigenvalue weighted by molar-refractivity contribution is 0.216. The topological polar surface area (TPSA) is 18.5 Å². The molecule has 3 nitrogen and oxygen atoms in total. The molecule has 0 aromatic heterocycles. The van der Waals surface area contributed by atoms with Crippen LogP contribution in [-0.4, -0.2) is 51.2 Å². The van der Waals surface area contributed by atoms with Gasteiger partial charge in [-0.2, -0.15) is 0 Å². The Morgan fingerprint density at radius 3 is 2.72 bits per heavy atom. The third-order valence-electron chi connectivity index (χ3n) is 3.91. The maximum Gasteiger partial charge on any atom is 0.0397 e. The Balaban J connectivity index is 2.13. The van der Waals surface area contributed by atoms with Crippen molar-refractivity contribution in [2.45, 2.75) is 19.9 Å². The summed E-state index contributed by atoms with van der Waals surface area (Å²) in [6, 6.07) is 7.37. The van der Waals surface area contributed by atoms with E-state index in [4.69, 9.17) is 0 Å². The molecule has 1 heterocycles. The molecule has 0 spiro atoms. The first-order valence-electron chi connectivity index (χ1n) is 6.79. The van der Waals surface area contributed by atoms with Gasteiger partial charge in [0.15, 0.2) is 0 Å². The van der Waals surface area contributed by atoms with Gasteiger partial charge in [-0.3, -0.25) is 4.90 Å². The maximum absolute atomic E-state index is 3.30. The average molecular weight is 247 g/mol. The van der Waals surface area contributed by atoms with E-state index in [0.29, 0.717) is 6.04 Å². The molecule has 18 heavy (non-hydrogen) atoms. The third-order valence-corrected chi connectivity index (χ3v) is 3.91. The molecule has 0 amide bonds. The van der Waals surface area contributed by atoms with E-state index < -0.39 is 0 Å². The van der Waals surface area contributed by atoms with Gasteiger partial charge in [-0.25, -0.2) is 0 Å². The van der Waals surface area contributed by atoms with Crippen LogP contribution in [-0.2, 0) is 0 Å². The second-order valence-corrected chi connectivity index (χ2v) is 5.43. The van der Waals surface area contributed by atoms with Crippen LogP contribution in [0.25, 0.3) is 0 Å². The van der Waals surface area contributed by atoms with Gasteiger partial charge >= 0.3 is 0 Å². The zero-order valence-electron chi connectivity index (χ0n) is 12.0. The zero-order chi connectivity index (χ0) is 13.1. The van der Waals surface area contributed by atoms with E-state index in [1.807, 2.05) is 7.05 Å². The first kappa shape index (κ1) is 13.4. The van der Waals surface area contributed by atoms with Crippen molar-refractivity contribution in [3.05, 3.63) is 29.3 Å². The molecule has 0 aliphatic carbocycles. The Kier molecular flexibility index (Phi) is 4.25.